The maximum atomic E-state index is 11.6. The van der Waals surface area contributed by atoms with Gasteiger partial charge in [0.2, 0.25) is 0 Å². The number of benzene rings is 2. The van der Waals surface area contributed by atoms with E-state index in [0.717, 1.165) is 27.6 Å². The van der Waals surface area contributed by atoms with Crippen molar-refractivity contribution in [1.29, 1.82) is 0 Å². The van der Waals surface area contributed by atoms with E-state index in [-0.39, 0.29) is 12.6 Å². The summed E-state index contributed by atoms with van der Waals surface area (Å²) in [5, 5.41) is 12.6. The predicted octanol–water partition coefficient (Wildman–Crippen LogP) is 4.16. The standard InChI is InChI=1S/C18H16O3S/c1-11-7-13(18(20)21-2)4-5-14(11)16-10-22-17-6-3-12(9-19)8-15(16)17/h3-8,10,19H,9H2,1-2H3. The number of fused-ring (bicyclic) bond motifs is 1. The molecule has 4 heteroatoms. The Kier molecular flexibility index (Phi) is 3.96. The average molecular weight is 312 g/mol. The third kappa shape index (κ3) is 2.51. The van der Waals surface area contributed by atoms with Gasteiger partial charge in [0.25, 0.3) is 0 Å². The van der Waals surface area contributed by atoms with Gasteiger partial charge in [0.1, 0.15) is 0 Å². The van der Waals surface area contributed by atoms with Gasteiger partial charge in [-0.3, -0.25) is 0 Å². The molecule has 3 nitrogen and oxygen atoms in total. The summed E-state index contributed by atoms with van der Waals surface area (Å²) in [7, 11) is 1.38. The van der Waals surface area contributed by atoms with Crippen LogP contribution in [0.1, 0.15) is 21.5 Å². The van der Waals surface area contributed by atoms with Gasteiger partial charge in [-0.25, -0.2) is 4.79 Å². The largest absolute Gasteiger partial charge is 0.465 e. The van der Waals surface area contributed by atoms with Crippen molar-refractivity contribution < 1.29 is 14.6 Å². The number of rotatable bonds is 3. The Morgan fingerprint density at radius 1 is 1.18 bits per heavy atom. The Morgan fingerprint density at radius 2 is 2.00 bits per heavy atom. The second-order valence-electron chi connectivity index (χ2n) is 5.16. The summed E-state index contributed by atoms with van der Waals surface area (Å²) < 4.78 is 5.94. The van der Waals surface area contributed by atoms with Gasteiger partial charge >= 0.3 is 5.97 Å². The molecular formula is C18H16O3S. The molecule has 0 saturated carbocycles. The van der Waals surface area contributed by atoms with Gasteiger partial charge < -0.3 is 9.84 Å². The molecule has 0 atom stereocenters. The van der Waals surface area contributed by atoms with Crippen LogP contribution in [0.5, 0.6) is 0 Å². The first-order chi connectivity index (χ1) is 10.6. The van der Waals surface area contributed by atoms with Crippen molar-refractivity contribution >= 4 is 27.4 Å². The third-order valence-electron chi connectivity index (χ3n) is 3.76. The molecule has 0 aliphatic heterocycles. The van der Waals surface area contributed by atoms with Crippen LogP contribution in [-0.2, 0) is 11.3 Å². The van der Waals surface area contributed by atoms with E-state index in [2.05, 4.69) is 5.38 Å². The average Bonchev–Trinajstić information content (AvgIpc) is 2.96. The summed E-state index contributed by atoms with van der Waals surface area (Å²) >= 11 is 1.68. The molecule has 0 radical (unpaired) electrons. The molecule has 0 fully saturated rings. The normalized spacial score (nSPS) is 10.9. The van der Waals surface area contributed by atoms with E-state index in [9.17, 15) is 9.90 Å². The Morgan fingerprint density at radius 3 is 2.68 bits per heavy atom. The van der Waals surface area contributed by atoms with Gasteiger partial charge in [-0.2, -0.15) is 0 Å². The zero-order valence-corrected chi connectivity index (χ0v) is 13.2. The summed E-state index contributed by atoms with van der Waals surface area (Å²) in [6.07, 6.45) is 0. The highest BCUT2D eigenvalue weighted by molar-refractivity contribution is 7.17. The van der Waals surface area contributed by atoms with Gasteiger partial charge in [0, 0.05) is 15.6 Å². The van der Waals surface area contributed by atoms with E-state index >= 15 is 0 Å². The van der Waals surface area contributed by atoms with Crippen LogP contribution in [0.15, 0.2) is 41.8 Å². The monoisotopic (exact) mass is 312 g/mol. The first-order valence-corrected chi connectivity index (χ1v) is 7.82. The molecule has 0 bridgehead atoms. The second kappa shape index (κ2) is 5.91. The number of ether oxygens (including phenoxy) is 1. The van der Waals surface area contributed by atoms with Crippen molar-refractivity contribution in [2.75, 3.05) is 7.11 Å². The molecule has 22 heavy (non-hydrogen) atoms. The number of aryl methyl sites for hydroxylation is 1. The molecule has 0 amide bonds. The van der Waals surface area contributed by atoms with Crippen LogP contribution in [0.2, 0.25) is 0 Å². The van der Waals surface area contributed by atoms with Crippen LogP contribution in [0, 0.1) is 6.92 Å². The molecule has 3 rings (SSSR count). The SMILES string of the molecule is COC(=O)c1ccc(-c2csc3ccc(CO)cc23)c(C)c1. The van der Waals surface area contributed by atoms with Crippen molar-refractivity contribution in [3.63, 3.8) is 0 Å². The third-order valence-corrected chi connectivity index (χ3v) is 4.72. The van der Waals surface area contributed by atoms with E-state index in [1.165, 1.54) is 11.8 Å². The van der Waals surface area contributed by atoms with Gasteiger partial charge in [0.15, 0.2) is 0 Å². The molecule has 1 heterocycles. The number of methoxy groups -OCH3 is 1. The Bertz CT molecular complexity index is 849. The molecule has 3 aromatic rings. The summed E-state index contributed by atoms with van der Waals surface area (Å²) in [6.45, 7) is 2.02. The minimum atomic E-state index is -0.326. The van der Waals surface area contributed by atoms with Crippen LogP contribution >= 0.6 is 11.3 Å². The predicted molar refractivity (Wildman–Crippen MR) is 89.3 cm³/mol. The zero-order chi connectivity index (χ0) is 15.7. The summed E-state index contributed by atoms with van der Waals surface area (Å²) in [5.41, 5.74) is 4.70. The second-order valence-corrected chi connectivity index (χ2v) is 6.07. The van der Waals surface area contributed by atoms with Crippen LogP contribution < -0.4 is 0 Å². The van der Waals surface area contributed by atoms with E-state index in [0.29, 0.717) is 5.56 Å². The first-order valence-electron chi connectivity index (χ1n) is 6.94. The molecule has 0 saturated heterocycles. The molecule has 0 aliphatic carbocycles. The number of aliphatic hydroxyl groups is 1. The number of carbonyl (C=O) groups excluding carboxylic acids is 1. The summed E-state index contributed by atoms with van der Waals surface area (Å²) in [4.78, 5) is 11.6. The van der Waals surface area contributed by atoms with Crippen LogP contribution in [0.4, 0.5) is 0 Å². The minimum Gasteiger partial charge on any atom is -0.465 e. The molecular weight excluding hydrogens is 296 g/mol. The van der Waals surface area contributed by atoms with Gasteiger partial charge in [-0.15, -0.1) is 11.3 Å². The number of carbonyl (C=O) groups is 1. The lowest BCUT2D eigenvalue weighted by Crippen LogP contribution is -2.01. The van der Waals surface area contributed by atoms with E-state index < -0.39 is 0 Å². The molecule has 112 valence electrons. The van der Waals surface area contributed by atoms with Gasteiger partial charge in [0.05, 0.1) is 19.3 Å². The number of hydrogen-bond acceptors (Lipinski definition) is 4. The first kappa shape index (κ1) is 14.8. The number of thiophene rings is 1. The molecule has 0 spiro atoms. The van der Waals surface area contributed by atoms with Crippen LogP contribution in [0.25, 0.3) is 21.2 Å². The van der Waals surface area contributed by atoms with Crippen molar-refractivity contribution in [2.24, 2.45) is 0 Å². The number of aliphatic hydroxyl groups excluding tert-OH is 1. The number of hydrogen-bond donors (Lipinski definition) is 1. The molecule has 1 aromatic heterocycles. The lowest BCUT2D eigenvalue weighted by Gasteiger charge is -2.08. The van der Waals surface area contributed by atoms with Crippen molar-refractivity contribution in [2.45, 2.75) is 13.5 Å². The lowest BCUT2D eigenvalue weighted by molar-refractivity contribution is 0.0600. The summed E-state index contributed by atoms with van der Waals surface area (Å²) in [5.74, 6) is -0.326. The van der Waals surface area contributed by atoms with E-state index in [1.807, 2.05) is 37.3 Å². The topological polar surface area (TPSA) is 46.5 Å². The highest BCUT2D eigenvalue weighted by Crippen LogP contribution is 2.36. The zero-order valence-electron chi connectivity index (χ0n) is 12.4. The smallest absolute Gasteiger partial charge is 0.337 e. The highest BCUT2D eigenvalue weighted by Gasteiger charge is 2.12. The fourth-order valence-electron chi connectivity index (χ4n) is 2.59. The van der Waals surface area contributed by atoms with Crippen LogP contribution in [0.3, 0.4) is 0 Å². The Balaban J connectivity index is 2.13. The Hall–Kier alpha value is -2.17. The quantitative estimate of drug-likeness (QED) is 0.739. The lowest BCUT2D eigenvalue weighted by atomic mass is 9.97. The number of esters is 1. The fourth-order valence-corrected chi connectivity index (χ4v) is 3.54. The molecule has 1 N–H and O–H groups in total. The molecule has 0 unspecified atom stereocenters. The highest BCUT2D eigenvalue weighted by atomic mass is 32.1. The maximum absolute atomic E-state index is 11.6. The molecule has 2 aromatic carbocycles. The molecule has 0 aliphatic rings. The van der Waals surface area contributed by atoms with Gasteiger partial charge in [-0.05, 0) is 53.3 Å². The Labute approximate surface area is 132 Å². The van der Waals surface area contributed by atoms with Gasteiger partial charge in [-0.1, -0.05) is 12.1 Å². The van der Waals surface area contributed by atoms with Crippen molar-refractivity contribution in [3.8, 4) is 11.1 Å². The fraction of sp³-hybridized carbons (Fsp3) is 0.167. The van der Waals surface area contributed by atoms with E-state index in [4.69, 9.17) is 4.74 Å². The van der Waals surface area contributed by atoms with E-state index in [1.54, 1.807) is 17.4 Å². The minimum absolute atomic E-state index is 0.0332. The maximum Gasteiger partial charge on any atom is 0.337 e. The van der Waals surface area contributed by atoms with Crippen LogP contribution in [-0.4, -0.2) is 18.2 Å². The summed E-state index contributed by atoms with van der Waals surface area (Å²) in [6, 6.07) is 11.6. The van der Waals surface area contributed by atoms with Crippen molar-refractivity contribution in [1.82, 2.24) is 0 Å². The van der Waals surface area contributed by atoms with Crippen molar-refractivity contribution in [3.05, 3.63) is 58.5 Å².